The first kappa shape index (κ1) is 16.0. The minimum Gasteiger partial charge on any atom is -0.271 e. The first-order valence-corrected chi connectivity index (χ1v) is 7.60. The van der Waals surface area contributed by atoms with E-state index in [1.807, 2.05) is 0 Å². The highest BCUT2D eigenvalue weighted by Crippen LogP contribution is 2.36. The van der Waals surface area contributed by atoms with Gasteiger partial charge >= 0.3 is 0 Å². The highest BCUT2D eigenvalue weighted by molar-refractivity contribution is 6.21. The van der Waals surface area contributed by atoms with Crippen molar-refractivity contribution in [2.75, 3.05) is 0 Å². The van der Waals surface area contributed by atoms with E-state index in [1.54, 1.807) is 6.92 Å². The minimum atomic E-state index is -2.07. The number of nitrogens with zero attached hydrogens (tertiary/aromatic N) is 1. The van der Waals surface area contributed by atoms with Crippen LogP contribution in [0.5, 0.6) is 0 Å². The fourth-order valence-corrected chi connectivity index (χ4v) is 3.56. The largest absolute Gasteiger partial charge is 0.271 e. The summed E-state index contributed by atoms with van der Waals surface area (Å²) in [6.07, 6.45) is 4.55. The average molecular weight is 329 g/mol. The molecule has 0 saturated heterocycles. The Morgan fingerprint density at radius 2 is 1.26 bits per heavy atom. The van der Waals surface area contributed by atoms with Crippen LogP contribution < -0.4 is 0 Å². The number of fused-ring (bicyclic) bond motifs is 1. The van der Waals surface area contributed by atoms with E-state index in [1.165, 1.54) is 0 Å². The van der Waals surface area contributed by atoms with Crippen LogP contribution in [0.2, 0.25) is 0 Å². The summed E-state index contributed by atoms with van der Waals surface area (Å²) >= 11 is 0. The molecule has 0 spiro atoms. The van der Waals surface area contributed by atoms with Gasteiger partial charge in [-0.05, 0) is 25.7 Å². The highest BCUT2D eigenvalue weighted by Gasteiger charge is 2.46. The molecule has 3 rings (SSSR count). The van der Waals surface area contributed by atoms with E-state index in [0.29, 0.717) is 0 Å². The summed E-state index contributed by atoms with van der Waals surface area (Å²) < 4.78 is 54.4. The number of amides is 2. The molecule has 23 heavy (non-hydrogen) atoms. The Labute approximate surface area is 130 Å². The van der Waals surface area contributed by atoms with E-state index in [2.05, 4.69) is 0 Å². The Morgan fingerprint density at radius 3 is 1.70 bits per heavy atom. The number of carbonyl (C=O) groups excluding carboxylic acids is 2. The standard InChI is InChI=1S/C16H15F4NO2/c1-7(8-5-3-2-4-6-8)21-15(22)9-10(16(21)23)12(18)14(20)13(19)11(9)17/h7-8H,2-6H2,1H3/t7-/m0/s1. The lowest BCUT2D eigenvalue weighted by Gasteiger charge is -2.32. The van der Waals surface area contributed by atoms with Gasteiger partial charge in [-0.25, -0.2) is 17.6 Å². The van der Waals surface area contributed by atoms with Crippen LogP contribution in [-0.4, -0.2) is 22.8 Å². The summed E-state index contributed by atoms with van der Waals surface area (Å²) in [5.74, 6) is -9.95. The van der Waals surface area contributed by atoms with E-state index in [-0.39, 0.29) is 5.92 Å². The first-order valence-electron chi connectivity index (χ1n) is 7.60. The Bertz CT molecular complexity index is 651. The fraction of sp³-hybridized carbons (Fsp3) is 0.500. The van der Waals surface area contributed by atoms with E-state index < -0.39 is 52.3 Å². The van der Waals surface area contributed by atoms with Gasteiger partial charge in [-0.15, -0.1) is 0 Å². The van der Waals surface area contributed by atoms with Crippen LogP contribution in [0.1, 0.15) is 59.7 Å². The lowest BCUT2D eigenvalue weighted by molar-refractivity contribution is 0.0517. The second-order valence-electron chi connectivity index (χ2n) is 6.12. The molecule has 7 heteroatoms. The molecular weight excluding hydrogens is 314 g/mol. The Hall–Kier alpha value is -1.92. The highest BCUT2D eigenvalue weighted by atomic mass is 19.2. The third-order valence-electron chi connectivity index (χ3n) is 4.87. The van der Waals surface area contributed by atoms with Gasteiger partial charge < -0.3 is 0 Å². The number of halogens is 4. The molecule has 3 nitrogen and oxygen atoms in total. The van der Waals surface area contributed by atoms with Crippen LogP contribution in [0.25, 0.3) is 0 Å². The molecule has 0 N–H and O–H groups in total. The molecule has 0 radical (unpaired) electrons. The van der Waals surface area contributed by atoms with Gasteiger partial charge in [-0.3, -0.25) is 14.5 Å². The zero-order valence-corrected chi connectivity index (χ0v) is 12.5. The minimum absolute atomic E-state index is 0.0202. The lowest BCUT2D eigenvalue weighted by atomic mass is 9.84. The van der Waals surface area contributed by atoms with Crippen molar-refractivity contribution in [3.05, 3.63) is 34.4 Å². The first-order chi connectivity index (χ1) is 10.9. The number of benzene rings is 1. The van der Waals surface area contributed by atoms with E-state index in [9.17, 15) is 27.2 Å². The SMILES string of the molecule is C[C@@H](C1CCCCC1)N1C(=O)c2c(F)c(F)c(F)c(F)c2C1=O. The van der Waals surface area contributed by atoms with Gasteiger partial charge in [0.1, 0.15) is 0 Å². The maximum atomic E-state index is 13.9. The van der Waals surface area contributed by atoms with Gasteiger partial charge in [0.15, 0.2) is 23.3 Å². The molecule has 1 aliphatic heterocycles. The van der Waals surface area contributed by atoms with Gasteiger partial charge in [-0.2, -0.15) is 0 Å². The van der Waals surface area contributed by atoms with Crippen LogP contribution >= 0.6 is 0 Å². The van der Waals surface area contributed by atoms with Crippen molar-refractivity contribution in [2.24, 2.45) is 5.92 Å². The zero-order valence-electron chi connectivity index (χ0n) is 12.5. The van der Waals surface area contributed by atoms with Crippen LogP contribution in [0.3, 0.4) is 0 Å². The third-order valence-corrected chi connectivity index (χ3v) is 4.87. The second kappa shape index (κ2) is 5.62. The van der Waals surface area contributed by atoms with Crippen molar-refractivity contribution in [1.82, 2.24) is 4.90 Å². The predicted molar refractivity (Wildman–Crippen MR) is 72.8 cm³/mol. The van der Waals surface area contributed by atoms with Crippen LogP contribution in [0.15, 0.2) is 0 Å². The molecule has 0 aromatic heterocycles. The molecule has 1 heterocycles. The van der Waals surface area contributed by atoms with Crippen molar-refractivity contribution in [3.8, 4) is 0 Å². The van der Waals surface area contributed by atoms with Gasteiger partial charge in [-0.1, -0.05) is 19.3 Å². The number of hydrogen-bond donors (Lipinski definition) is 0. The van der Waals surface area contributed by atoms with Crippen molar-refractivity contribution in [2.45, 2.75) is 45.1 Å². The molecule has 1 aromatic rings. The van der Waals surface area contributed by atoms with Gasteiger partial charge in [0.05, 0.1) is 11.1 Å². The molecule has 2 amide bonds. The normalized spacial score (nSPS) is 20.1. The smallest absolute Gasteiger partial charge is 0.265 e. The Kier molecular flexibility index (Phi) is 3.90. The summed E-state index contributed by atoms with van der Waals surface area (Å²) in [5.41, 5.74) is -2.01. The third kappa shape index (κ3) is 2.24. The molecule has 2 aliphatic rings. The van der Waals surface area contributed by atoms with E-state index >= 15 is 0 Å². The quantitative estimate of drug-likeness (QED) is 0.358. The van der Waals surface area contributed by atoms with Crippen molar-refractivity contribution >= 4 is 11.8 Å². The summed E-state index contributed by atoms with van der Waals surface area (Å²) in [4.78, 5) is 25.4. The maximum absolute atomic E-state index is 13.9. The topological polar surface area (TPSA) is 37.4 Å². The molecule has 1 aromatic carbocycles. The summed E-state index contributed by atoms with van der Waals surface area (Å²) in [5, 5.41) is 0. The summed E-state index contributed by atoms with van der Waals surface area (Å²) in [6, 6.07) is -0.576. The molecule has 0 unspecified atom stereocenters. The number of hydrogen-bond acceptors (Lipinski definition) is 2. The summed E-state index contributed by atoms with van der Waals surface area (Å²) in [7, 11) is 0. The van der Waals surface area contributed by atoms with Gasteiger partial charge in [0.25, 0.3) is 11.8 Å². The Balaban J connectivity index is 2.04. The second-order valence-corrected chi connectivity index (χ2v) is 6.12. The number of rotatable bonds is 2. The monoisotopic (exact) mass is 329 g/mol. The maximum Gasteiger partial charge on any atom is 0.265 e. The molecule has 1 atom stereocenters. The van der Waals surface area contributed by atoms with E-state index in [4.69, 9.17) is 0 Å². The molecule has 124 valence electrons. The molecule has 1 aliphatic carbocycles. The van der Waals surface area contributed by atoms with Crippen molar-refractivity contribution < 1.29 is 27.2 Å². The van der Waals surface area contributed by atoms with Crippen LogP contribution in [-0.2, 0) is 0 Å². The fourth-order valence-electron chi connectivity index (χ4n) is 3.56. The lowest BCUT2D eigenvalue weighted by Crippen LogP contribution is -2.43. The molecule has 0 bridgehead atoms. The van der Waals surface area contributed by atoms with Gasteiger partial charge in [0.2, 0.25) is 0 Å². The molecule has 1 saturated carbocycles. The van der Waals surface area contributed by atoms with E-state index in [0.717, 1.165) is 37.0 Å². The van der Waals surface area contributed by atoms with Crippen LogP contribution in [0, 0.1) is 29.2 Å². The zero-order chi connectivity index (χ0) is 16.9. The Morgan fingerprint density at radius 1 is 0.826 bits per heavy atom. The number of imide groups is 1. The van der Waals surface area contributed by atoms with Crippen LogP contribution in [0.4, 0.5) is 17.6 Å². The summed E-state index contributed by atoms with van der Waals surface area (Å²) in [6.45, 7) is 1.63. The van der Waals surface area contributed by atoms with Crippen molar-refractivity contribution in [3.63, 3.8) is 0 Å². The van der Waals surface area contributed by atoms with Gasteiger partial charge in [0, 0.05) is 6.04 Å². The molecular formula is C16H15F4NO2. The molecule has 1 fully saturated rings. The number of carbonyl (C=O) groups is 2. The van der Waals surface area contributed by atoms with Crippen molar-refractivity contribution in [1.29, 1.82) is 0 Å². The predicted octanol–water partition coefficient (Wildman–Crippen LogP) is 3.81. The average Bonchev–Trinajstić information content (AvgIpc) is 2.82.